The molecule has 0 spiro atoms. The second kappa shape index (κ2) is 4.84. The molecule has 0 fully saturated rings. The second-order valence-electron chi connectivity index (χ2n) is 5.34. The highest BCUT2D eigenvalue weighted by atomic mass is 16.1. The number of nitrogens with zero attached hydrogens (tertiary/aromatic N) is 3. The number of amides is 1. The Balaban J connectivity index is 2.49. The van der Waals surface area contributed by atoms with Crippen LogP contribution >= 0.6 is 0 Å². The Hall–Kier alpha value is -2.89. The molecule has 4 N–H and O–H groups in total. The molecule has 0 aliphatic carbocycles. The third-order valence-corrected chi connectivity index (χ3v) is 3.92. The van der Waals surface area contributed by atoms with Gasteiger partial charge in [0.2, 0.25) is 5.95 Å². The van der Waals surface area contributed by atoms with Gasteiger partial charge in [-0.3, -0.25) is 4.79 Å². The summed E-state index contributed by atoms with van der Waals surface area (Å²) < 4.78 is 1.65. The zero-order valence-corrected chi connectivity index (χ0v) is 12.7. The SMILES string of the molecule is Cc1ccccc1-c1nc(N)nn2c(C)c(C(N)=O)c(C)c12. The van der Waals surface area contributed by atoms with E-state index < -0.39 is 5.91 Å². The Labute approximate surface area is 127 Å². The van der Waals surface area contributed by atoms with E-state index in [1.54, 1.807) is 11.4 Å². The molecule has 0 saturated heterocycles. The number of anilines is 1. The van der Waals surface area contributed by atoms with Crippen molar-refractivity contribution >= 4 is 17.4 Å². The summed E-state index contributed by atoms with van der Waals surface area (Å²) in [6.45, 7) is 5.65. The van der Waals surface area contributed by atoms with Crippen LogP contribution in [0.3, 0.4) is 0 Å². The van der Waals surface area contributed by atoms with E-state index in [1.165, 1.54) is 0 Å². The lowest BCUT2D eigenvalue weighted by molar-refractivity contribution is 0.0999. The summed E-state index contributed by atoms with van der Waals surface area (Å²) in [5.41, 5.74) is 16.8. The first-order valence-electron chi connectivity index (χ1n) is 6.93. The average molecular weight is 295 g/mol. The number of aryl methyl sites for hydroxylation is 3. The highest BCUT2D eigenvalue weighted by Crippen LogP contribution is 2.31. The van der Waals surface area contributed by atoms with Crippen LogP contribution in [0.15, 0.2) is 24.3 Å². The van der Waals surface area contributed by atoms with Crippen molar-refractivity contribution in [2.24, 2.45) is 5.73 Å². The number of nitrogen functional groups attached to an aromatic ring is 1. The highest BCUT2D eigenvalue weighted by Gasteiger charge is 2.22. The van der Waals surface area contributed by atoms with Crippen LogP contribution in [0.25, 0.3) is 16.8 Å². The molecule has 0 radical (unpaired) electrons. The number of nitrogens with two attached hydrogens (primary N) is 2. The zero-order valence-electron chi connectivity index (χ0n) is 12.7. The third-order valence-electron chi connectivity index (χ3n) is 3.92. The minimum Gasteiger partial charge on any atom is -0.367 e. The van der Waals surface area contributed by atoms with Crippen molar-refractivity contribution in [3.8, 4) is 11.3 Å². The van der Waals surface area contributed by atoms with Gasteiger partial charge in [0.1, 0.15) is 5.69 Å². The highest BCUT2D eigenvalue weighted by molar-refractivity contribution is 6.00. The third kappa shape index (κ3) is 1.92. The van der Waals surface area contributed by atoms with Crippen LogP contribution in [-0.2, 0) is 0 Å². The molecule has 112 valence electrons. The molecule has 2 aromatic heterocycles. The van der Waals surface area contributed by atoms with Crippen LogP contribution in [-0.4, -0.2) is 20.5 Å². The lowest BCUT2D eigenvalue weighted by Crippen LogP contribution is -2.13. The molecule has 0 bridgehead atoms. The first kappa shape index (κ1) is 14.1. The first-order chi connectivity index (χ1) is 10.4. The maximum atomic E-state index is 11.7. The van der Waals surface area contributed by atoms with E-state index in [1.807, 2.05) is 38.1 Å². The molecule has 2 heterocycles. The van der Waals surface area contributed by atoms with Gasteiger partial charge in [0.15, 0.2) is 0 Å². The van der Waals surface area contributed by atoms with E-state index in [2.05, 4.69) is 10.1 Å². The maximum Gasteiger partial charge on any atom is 0.250 e. The molecule has 1 aromatic carbocycles. The number of rotatable bonds is 2. The van der Waals surface area contributed by atoms with Gasteiger partial charge in [-0.1, -0.05) is 24.3 Å². The summed E-state index contributed by atoms with van der Waals surface area (Å²) in [5.74, 6) is -0.324. The van der Waals surface area contributed by atoms with Crippen molar-refractivity contribution in [1.82, 2.24) is 14.6 Å². The van der Waals surface area contributed by atoms with E-state index in [0.717, 1.165) is 22.2 Å². The van der Waals surface area contributed by atoms with Gasteiger partial charge in [0, 0.05) is 5.56 Å². The molecule has 0 atom stereocenters. The Morgan fingerprint density at radius 3 is 2.50 bits per heavy atom. The molecular weight excluding hydrogens is 278 g/mol. The Morgan fingerprint density at radius 1 is 1.18 bits per heavy atom. The van der Waals surface area contributed by atoms with Crippen LogP contribution in [0.2, 0.25) is 0 Å². The molecule has 22 heavy (non-hydrogen) atoms. The van der Waals surface area contributed by atoms with Gasteiger partial charge in [-0.05, 0) is 31.9 Å². The van der Waals surface area contributed by atoms with Crippen LogP contribution < -0.4 is 11.5 Å². The van der Waals surface area contributed by atoms with Crippen LogP contribution in [0, 0.1) is 20.8 Å². The molecular formula is C16H17N5O. The molecule has 3 rings (SSSR count). The summed E-state index contributed by atoms with van der Waals surface area (Å²) in [4.78, 5) is 16.1. The van der Waals surface area contributed by atoms with Crippen molar-refractivity contribution in [1.29, 1.82) is 0 Å². The lowest BCUT2D eigenvalue weighted by atomic mass is 10.0. The Bertz CT molecular complexity index is 911. The van der Waals surface area contributed by atoms with E-state index in [0.29, 0.717) is 17.0 Å². The maximum absolute atomic E-state index is 11.7. The minimum atomic E-state index is -0.477. The standard InChI is InChI=1S/C16H17N5O/c1-8-6-4-5-7-11(8)13-14-9(2)12(15(17)22)10(3)21(14)20-16(18)19-13/h4-7H,1-3H3,(H2,17,22)(H2,18,20). The monoisotopic (exact) mass is 295 g/mol. The number of hydrogen-bond acceptors (Lipinski definition) is 4. The quantitative estimate of drug-likeness (QED) is 0.755. The van der Waals surface area contributed by atoms with E-state index in [4.69, 9.17) is 11.5 Å². The normalized spacial score (nSPS) is 11.0. The lowest BCUT2D eigenvalue weighted by Gasteiger charge is -2.09. The van der Waals surface area contributed by atoms with Crippen molar-refractivity contribution in [2.75, 3.05) is 5.73 Å². The van der Waals surface area contributed by atoms with Crippen molar-refractivity contribution in [2.45, 2.75) is 20.8 Å². The molecule has 6 heteroatoms. The summed E-state index contributed by atoms with van der Waals surface area (Å²) >= 11 is 0. The fraction of sp³-hybridized carbons (Fsp3) is 0.188. The first-order valence-corrected chi connectivity index (χ1v) is 6.93. The smallest absolute Gasteiger partial charge is 0.250 e. The molecule has 1 amide bonds. The molecule has 0 aliphatic heterocycles. The Kier molecular flexibility index (Phi) is 3.09. The summed E-state index contributed by atoms with van der Waals surface area (Å²) in [6, 6.07) is 7.88. The summed E-state index contributed by atoms with van der Waals surface area (Å²) in [5, 5.41) is 4.23. The summed E-state index contributed by atoms with van der Waals surface area (Å²) in [7, 11) is 0. The minimum absolute atomic E-state index is 0.153. The predicted molar refractivity (Wildman–Crippen MR) is 85.6 cm³/mol. The van der Waals surface area contributed by atoms with E-state index >= 15 is 0 Å². The van der Waals surface area contributed by atoms with Gasteiger partial charge < -0.3 is 11.5 Å². The topological polar surface area (TPSA) is 99.3 Å². The molecule has 0 aliphatic rings. The average Bonchev–Trinajstić information content (AvgIpc) is 2.70. The number of carbonyl (C=O) groups excluding carboxylic acids is 1. The number of primary amides is 1. The molecule has 0 saturated carbocycles. The van der Waals surface area contributed by atoms with Gasteiger partial charge in [0.05, 0.1) is 16.8 Å². The Morgan fingerprint density at radius 2 is 1.86 bits per heavy atom. The van der Waals surface area contributed by atoms with Crippen molar-refractivity contribution < 1.29 is 4.79 Å². The molecule has 6 nitrogen and oxygen atoms in total. The van der Waals surface area contributed by atoms with Gasteiger partial charge in [0.25, 0.3) is 5.91 Å². The fourth-order valence-corrected chi connectivity index (χ4v) is 2.91. The van der Waals surface area contributed by atoms with Gasteiger partial charge >= 0.3 is 0 Å². The number of benzene rings is 1. The van der Waals surface area contributed by atoms with Crippen LogP contribution in [0.4, 0.5) is 5.95 Å². The molecule has 3 aromatic rings. The zero-order chi connectivity index (χ0) is 16.0. The van der Waals surface area contributed by atoms with E-state index in [-0.39, 0.29) is 5.95 Å². The van der Waals surface area contributed by atoms with Crippen molar-refractivity contribution in [3.63, 3.8) is 0 Å². The fourth-order valence-electron chi connectivity index (χ4n) is 2.91. The van der Waals surface area contributed by atoms with Crippen LogP contribution in [0.1, 0.15) is 27.2 Å². The van der Waals surface area contributed by atoms with Gasteiger partial charge in [-0.15, -0.1) is 5.10 Å². The number of aromatic nitrogens is 3. The molecule has 0 unspecified atom stereocenters. The van der Waals surface area contributed by atoms with Gasteiger partial charge in [-0.25, -0.2) is 9.50 Å². The van der Waals surface area contributed by atoms with Gasteiger partial charge in [-0.2, -0.15) is 0 Å². The summed E-state index contributed by atoms with van der Waals surface area (Å²) in [6.07, 6.45) is 0. The van der Waals surface area contributed by atoms with Crippen LogP contribution in [0.5, 0.6) is 0 Å². The predicted octanol–water partition coefficient (Wildman–Crippen LogP) is 2.00. The number of fused-ring (bicyclic) bond motifs is 1. The van der Waals surface area contributed by atoms with E-state index in [9.17, 15) is 4.79 Å². The number of carbonyl (C=O) groups is 1. The van der Waals surface area contributed by atoms with Crippen molar-refractivity contribution in [3.05, 3.63) is 46.6 Å². The number of hydrogen-bond donors (Lipinski definition) is 2. The second-order valence-corrected chi connectivity index (χ2v) is 5.34. The largest absolute Gasteiger partial charge is 0.367 e.